The number of carbonyl (C=O) groups is 1. The van der Waals surface area contributed by atoms with Crippen LogP contribution in [0.25, 0.3) is 0 Å². The number of nitrogens with one attached hydrogen (secondary N) is 1. The summed E-state index contributed by atoms with van der Waals surface area (Å²) in [5.74, 6) is -1.16. The lowest BCUT2D eigenvalue weighted by Gasteiger charge is -2.19. The van der Waals surface area contributed by atoms with E-state index in [9.17, 15) is 14.9 Å². The molecular weight excluding hydrogens is 268 g/mol. The van der Waals surface area contributed by atoms with Crippen LogP contribution < -0.4 is 5.32 Å². The first-order valence-electron chi connectivity index (χ1n) is 6.73. The number of anilines is 1. The molecule has 21 heavy (non-hydrogen) atoms. The molecule has 5 nitrogen and oxygen atoms in total. The lowest BCUT2D eigenvalue weighted by molar-refractivity contribution is -0.483. The Labute approximate surface area is 121 Å². The van der Waals surface area contributed by atoms with Crippen molar-refractivity contribution in [3.63, 3.8) is 0 Å². The van der Waals surface area contributed by atoms with E-state index in [1.54, 1.807) is 0 Å². The highest BCUT2D eigenvalue weighted by Gasteiger charge is 2.39. The standard InChI is InChI=1S/C16H14N2O3/c19-16-15(12-8-4-5-9-14(12)17-16)13(10-18(20)21)11-6-2-1-3-7-11/h1-9,13,15H,10H2,(H,17,19)/t13-,15+/m1/s1. The van der Waals surface area contributed by atoms with Gasteiger partial charge in [-0.05, 0) is 17.2 Å². The number of rotatable bonds is 4. The Hall–Kier alpha value is -2.69. The lowest BCUT2D eigenvalue weighted by atomic mass is 9.82. The number of carbonyl (C=O) groups excluding carboxylic acids is 1. The summed E-state index contributed by atoms with van der Waals surface area (Å²) in [5.41, 5.74) is 2.39. The van der Waals surface area contributed by atoms with Crippen molar-refractivity contribution in [3.05, 3.63) is 75.8 Å². The fourth-order valence-electron chi connectivity index (χ4n) is 2.90. The van der Waals surface area contributed by atoms with Gasteiger partial charge in [-0.3, -0.25) is 14.9 Å². The molecule has 0 aromatic heterocycles. The van der Waals surface area contributed by atoms with Gasteiger partial charge in [-0.2, -0.15) is 0 Å². The van der Waals surface area contributed by atoms with Crippen molar-refractivity contribution >= 4 is 11.6 Å². The molecule has 0 fully saturated rings. The summed E-state index contributed by atoms with van der Waals surface area (Å²) in [7, 11) is 0. The molecule has 1 aliphatic rings. The number of nitrogens with zero attached hydrogens (tertiary/aromatic N) is 1. The predicted octanol–water partition coefficient (Wildman–Crippen LogP) is 2.78. The molecule has 0 spiro atoms. The predicted molar refractivity (Wildman–Crippen MR) is 78.9 cm³/mol. The highest BCUT2D eigenvalue weighted by molar-refractivity contribution is 6.03. The molecule has 0 saturated carbocycles. The summed E-state index contributed by atoms with van der Waals surface area (Å²) in [4.78, 5) is 23.0. The van der Waals surface area contributed by atoms with Crippen molar-refractivity contribution < 1.29 is 9.72 Å². The normalized spacial score (nSPS) is 17.9. The summed E-state index contributed by atoms with van der Waals surface area (Å²) < 4.78 is 0. The van der Waals surface area contributed by atoms with Gasteiger partial charge in [-0.25, -0.2) is 0 Å². The largest absolute Gasteiger partial charge is 0.325 e. The lowest BCUT2D eigenvalue weighted by Crippen LogP contribution is -2.25. The molecule has 2 aromatic carbocycles. The van der Waals surface area contributed by atoms with Gasteiger partial charge < -0.3 is 5.32 Å². The van der Waals surface area contributed by atoms with Crippen LogP contribution in [0.3, 0.4) is 0 Å². The molecule has 2 atom stereocenters. The molecule has 0 unspecified atom stereocenters. The van der Waals surface area contributed by atoms with Gasteiger partial charge in [0.1, 0.15) is 0 Å². The Balaban J connectivity index is 2.05. The summed E-state index contributed by atoms with van der Waals surface area (Å²) in [6, 6.07) is 16.6. The summed E-state index contributed by atoms with van der Waals surface area (Å²) >= 11 is 0. The first-order chi connectivity index (χ1) is 10.2. The van der Waals surface area contributed by atoms with Crippen LogP contribution in [-0.4, -0.2) is 17.4 Å². The second-order valence-electron chi connectivity index (χ2n) is 5.09. The van der Waals surface area contributed by atoms with Gasteiger partial charge in [0, 0.05) is 10.6 Å². The average molecular weight is 282 g/mol. The molecule has 3 rings (SSSR count). The molecule has 0 saturated heterocycles. The molecule has 1 heterocycles. The molecule has 0 bridgehead atoms. The Bertz CT molecular complexity index is 685. The molecule has 106 valence electrons. The van der Waals surface area contributed by atoms with E-state index in [1.807, 2.05) is 54.6 Å². The summed E-state index contributed by atoms with van der Waals surface area (Å²) in [6.45, 7) is -0.267. The molecule has 0 aliphatic carbocycles. The fraction of sp³-hybridized carbons (Fsp3) is 0.188. The van der Waals surface area contributed by atoms with Crippen molar-refractivity contribution in [2.24, 2.45) is 0 Å². The van der Waals surface area contributed by atoms with Gasteiger partial charge in [-0.15, -0.1) is 0 Å². The minimum Gasteiger partial charge on any atom is -0.325 e. The Morgan fingerprint density at radius 1 is 1.10 bits per heavy atom. The second kappa shape index (κ2) is 5.36. The third kappa shape index (κ3) is 2.50. The average Bonchev–Trinajstić information content (AvgIpc) is 2.81. The van der Waals surface area contributed by atoms with E-state index in [1.165, 1.54) is 0 Å². The molecular formula is C16H14N2O3. The van der Waals surface area contributed by atoms with Gasteiger partial charge >= 0.3 is 0 Å². The van der Waals surface area contributed by atoms with Gasteiger partial charge in [-0.1, -0.05) is 48.5 Å². The fourth-order valence-corrected chi connectivity index (χ4v) is 2.90. The maximum absolute atomic E-state index is 12.3. The van der Waals surface area contributed by atoms with Gasteiger partial charge in [0.15, 0.2) is 0 Å². The monoisotopic (exact) mass is 282 g/mol. The van der Waals surface area contributed by atoms with E-state index < -0.39 is 11.8 Å². The zero-order chi connectivity index (χ0) is 14.8. The zero-order valence-electron chi connectivity index (χ0n) is 11.2. The van der Waals surface area contributed by atoms with Crippen LogP contribution in [0.2, 0.25) is 0 Å². The Morgan fingerprint density at radius 2 is 1.76 bits per heavy atom. The number of para-hydroxylation sites is 1. The summed E-state index contributed by atoms with van der Waals surface area (Å²) in [5, 5.41) is 13.8. The second-order valence-corrected chi connectivity index (χ2v) is 5.09. The van der Waals surface area contributed by atoms with Gasteiger partial charge in [0.05, 0.1) is 11.8 Å². The van der Waals surface area contributed by atoms with Crippen LogP contribution in [0.1, 0.15) is 23.0 Å². The van der Waals surface area contributed by atoms with Crippen molar-refractivity contribution in [1.29, 1.82) is 0 Å². The number of nitro groups is 1. The van der Waals surface area contributed by atoms with E-state index in [4.69, 9.17) is 0 Å². The first kappa shape index (κ1) is 13.3. The van der Waals surface area contributed by atoms with E-state index in [0.29, 0.717) is 0 Å². The topological polar surface area (TPSA) is 72.2 Å². The summed E-state index contributed by atoms with van der Waals surface area (Å²) in [6.07, 6.45) is 0. The molecule has 1 amide bonds. The molecule has 1 aliphatic heterocycles. The number of amides is 1. The number of benzene rings is 2. The van der Waals surface area contributed by atoms with Crippen molar-refractivity contribution in [3.8, 4) is 0 Å². The quantitative estimate of drug-likeness (QED) is 0.692. The molecule has 2 aromatic rings. The van der Waals surface area contributed by atoms with Crippen molar-refractivity contribution in [1.82, 2.24) is 0 Å². The van der Waals surface area contributed by atoms with Crippen LogP contribution in [-0.2, 0) is 4.79 Å². The van der Waals surface area contributed by atoms with Crippen LogP contribution >= 0.6 is 0 Å². The first-order valence-corrected chi connectivity index (χ1v) is 6.73. The van der Waals surface area contributed by atoms with Crippen LogP contribution in [0.5, 0.6) is 0 Å². The Kier molecular flexibility index (Phi) is 3.39. The maximum atomic E-state index is 12.3. The molecule has 5 heteroatoms. The van der Waals surface area contributed by atoms with E-state index in [-0.39, 0.29) is 17.4 Å². The molecule has 0 radical (unpaired) electrons. The van der Waals surface area contributed by atoms with Crippen LogP contribution in [0, 0.1) is 10.1 Å². The minimum atomic E-state index is -0.519. The number of fused-ring (bicyclic) bond motifs is 1. The third-order valence-corrected chi connectivity index (χ3v) is 3.81. The van der Waals surface area contributed by atoms with Crippen molar-refractivity contribution in [2.45, 2.75) is 11.8 Å². The zero-order valence-corrected chi connectivity index (χ0v) is 11.2. The number of hydrogen-bond donors (Lipinski definition) is 1. The van der Waals surface area contributed by atoms with Gasteiger partial charge in [0.2, 0.25) is 12.5 Å². The van der Waals surface area contributed by atoms with E-state index >= 15 is 0 Å². The minimum absolute atomic E-state index is 0.174. The maximum Gasteiger partial charge on any atom is 0.232 e. The van der Waals surface area contributed by atoms with Crippen LogP contribution in [0.15, 0.2) is 54.6 Å². The smallest absolute Gasteiger partial charge is 0.232 e. The molecule has 1 N–H and O–H groups in total. The van der Waals surface area contributed by atoms with Crippen LogP contribution in [0.4, 0.5) is 5.69 Å². The van der Waals surface area contributed by atoms with Crippen molar-refractivity contribution in [2.75, 3.05) is 11.9 Å². The highest BCUT2D eigenvalue weighted by atomic mass is 16.6. The third-order valence-electron chi connectivity index (χ3n) is 3.81. The Morgan fingerprint density at radius 3 is 2.48 bits per heavy atom. The number of hydrogen-bond acceptors (Lipinski definition) is 3. The highest BCUT2D eigenvalue weighted by Crippen LogP contribution is 2.41. The van der Waals surface area contributed by atoms with E-state index in [2.05, 4.69) is 5.32 Å². The SMILES string of the molecule is O=C1Nc2ccccc2[C@H]1[C@H](C[N+](=O)[O-])c1ccccc1. The van der Waals surface area contributed by atoms with E-state index in [0.717, 1.165) is 16.8 Å². The van der Waals surface area contributed by atoms with Gasteiger partial charge in [0.25, 0.3) is 0 Å².